The zero-order valence-corrected chi connectivity index (χ0v) is 15.8. The number of anilines is 2. The Hall–Kier alpha value is -3.06. The first kappa shape index (κ1) is 19.3. The molecule has 0 unspecified atom stereocenters. The highest BCUT2D eigenvalue weighted by Crippen LogP contribution is 2.21. The number of rotatable bonds is 6. The highest BCUT2D eigenvalue weighted by atomic mass is 16.1. The first-order valence-electron chi connectivity index (χ1n) is 8.84. The SMILES string of the molecule is CCN(CC)c1ccc(/C=C(/C#N)C(=O)Nc2c(C)cccc2C)cc1. The van der Waals surface area contributed by atoms with Crippen LogP contribution in [0.5, 0.6) is 0 Å². The quantitative estimate of drug-likeness (QED) is 0.609. The average molecular weight is 347 g/mol. The maximum atomic E-state index is 12.5. The van der Waals surface area contributed by atoms with Crippen molar-refractivity contribution in [2.24, 2.45) is 0 Å². The summed E-state index contributed by atoms with van der Waals surface area (Å²) in [6.07, 6.45) is 1.62. The Morgan fingerprint density at radius 3 is 2.15 bits per heavy atom. The summed E-state index contributed by atoms with van der Waals surface area (Å²) in [5.74, 6) is -0.391. The van der Waals surface area contributed by atoms with Crippen molar-refractivity contribution in [2.75, 3.05) is 23.3 Å². The fourth-order valence-corrected chi connectivity index (χ4v) is 2.88. The normalized spacial score (nSPS) is 11.0. The van der Waals surface area contributed by atoms with Crippen molar-refractivity contribution in [2.45, 2.75) is 27.7 Å². The Bertz CT molecular complexity index is 820. The summed E-state index contributed by atoms with van der Waals surface area (Å²) in [5, 5.41) is 12.3. The molecule has 0 saturated heterocycles. The standard InChI is InChI=1S/C22H25N3O/c1-5-25(6-2)20-12-10-18(11-13-20)14-19(15-23)22(26)24-21-16(3)8-7-9-17(21)4/h7-14H,5-6H2,1-4H3,(H,24,26)/b19-14-. The summed E-state index contributed by atoms with van der Waals surface area (Å²) in [4.78, 5) is 14.8. The largest absolute Gasteiger partial charge is 0.372 e. The van der Waals surface area contributed by atoms with Crippen molar-refractivity contribution in [1.82, 2.24) is 0 Å². The van der Waals surface area contributed by atoms with E-state index in [0.717, 1.165) is 41.2 Å². The third-order valence-corrected chi connectivity index (χ3v) is 4.42. The second-order valence-corrected chi connectivity index (χ2v) is 6.15. The molecule has 1 N–H and O–H groups in total. The number of nitrogens with zero attached hydrogens (tertiary/aromatic N) is 2. The van der Waals surface area contributed by atoms with Crippen LogP contribution in [0.4, 0.5) is 11.4 Å². The molecule has 0 spiro atoms. The van der Waals surface area contributed by atoms with Gasteiger partial charge in [0.1, 0.15) is 11.6 Å². The van der Waals surface area contributed by atoms with E-state index in [0.29, 0.717) is 0 Å². The Kier molecular flexibility index (Phi) is 6.57. The summed E-state index contributed by atoms with van der Waals surface area (Å²) >= 11 is 0. The zero-order valence-electron chi connectivity index (χ0n) is 15.8. The van der Waals surface area contributed by atoms with Gasteiger partial charge in [0.2, 0.25) is 0 Å². The van der Waals surface area contributed by atoms with Crippen molar-refractivity contribution in [3.05, 3.63) is 64.7 Å². The highest BCUT2D eigenvalue weighted by Gasteiger charge is 2.12. The van der Waals surface area contributed by atoms with Crippen LogP contribution in [-0.4, -0.2) is 19.0 Å². The lowest BCUT2D eigenvalue weighted by atomic mass is 10.1. The van der Waals surface area contributed by atoms with E-state index < -0.39 is 5.91 Å². The topological polar surface area (TPSA) is 56.1 Å². The number of carbonyl (C=O) groups is 1. The second-order valence-electron chi connectivity index (χ2n) is 6.15. The molecular weight excluding hydrogens is 322 g/mol. The third kappa shape index (κ3) is 4.52. The zero-order chi connectivity index (χ0) is 19.1. The number of benzene rings is 2. The van der Waals surface area contributed by atoms with Gasteiger partial charge < -0.3 is 10.2 Å². The molecule has 0 fully saturated rings. The average Bonchev–Trinajstić information content (AvgIpc) is 2.65. The Labute approximate surface area is 155 Å². The molecule has 2 rings (SSSR count). The molecule has 0 saturated carbocycles. The molecule has 0 aromatic heterocycles. The van der Waals surface area contributed by atoms with Crippen LogP contribution in [0, 0.1) is 25.2 Å². The molecular formula is C22H25N3O. The smallest absolute Gasteiger partial charge is 0.266 e. The molecule has 2 aromatic rings. The van der Waals surface area contributed by atoms with Gasteiger partial charge in [-0.05, 0) is 62.6 Å². The predicted octanol–water partition coefficient (Wildman–Crippen LogP) is 4.70. The van der Waals surface area contributed by atoms with Gasteiger partial charge in [-0.2, -0.15) is 5.26 Å². The molecule has 0 heterocycles. The highest BCUT2D eigenvalue weighted by molar-refractivity contribution is 6.10. The maximum Gasteiger partial charge on any atom is 0.266 e. The van der Waals surface area contributed by atoms with Crippen LogP contribution in [0.2, 0.25) is 0 Å². The first-order chi connectivity index (χ1) is 12.5. The van der Waals surface area contributed by atoms with Gasteiger partial charge in [-0.25, -0.2) is 0 Å². The molecule has 0 bridgehead atoms. The van der Waals surface area contributed by atoms with Gasteiger partial charge >= 0.3 is 0 Å². The minimum atomic E-state index is -0.391. The van der Waals surface area contributed by atoms with Gasteiger partial charge in [-0.3, -0.25) is 4.79 Å². The van der Waals surface area contributed by atoms with E-state index in [1.165, 1.54) is 0 Å². The minimum Gasteiger partial charge on any atom is -0.372 e. The summed E-state index contributed by atoms with van der Waals surface area (Å²) in [7, 11) is 0. The Balaban J connectivity index is 2.22. The number of hydrogen-bond acceptors (Lipinski definition) is 3. The summed E-state index contributed by atoms with van der Waals surface area (Å²) < 4.78 is 0. The third-order valence-electron chi connectivity index (χ3n) is 4.42. The summed E-state index contributed by atoms with van der Waals surface area (Å²) in [5.41, 5.74) is 4.75. The van der Waals surface area contributed by atoms with Gasteiger partial charge in [0.25, 0.3) is 5.91 Å². The van der Waals surface area contributed by atoms with E-state index >= 15 is 0 Å². The van der Waals surface area contributed by atoms with Crippen molar-refractivity contribution >= 4 is 23.4 Å². The van der Waals surface area contributed by atoms with E-state index in [4.69, 9.17) is 0 Å². The van der Waals surface area contributed by atoms with Crippen LogP contribution in [0.3, 0.4) is 0 Å². The summed E-state index contributed by atoms with van der Waals surface area (Å²) in [6.45, 7) is 9.97. The molecule has 134 valence electrons. The second kappa shape index (κ2) is 8.87. The summed E-state index contributed by atoms with van der Waals surface area (Å²) in [6, 6.07) is 15.7. The molecule has 4 nitrogen and oxygen atoms in total. The van der Waals surface area contributed by atoms with Gasteiger partial charge in [-0.1, -0.05) is 30.3 Å². The van der Waals surface area contributed by atoms with Crippen LogP contribution in [-0.2, 0) is 4.79 Å². The van der Waals surface area contributed by atoms with Crippen molar-refractivity contribution in [1.29, 1.82) is 5.26 Å². The monoisotopic (exact) mass is 347 g/mol. The van der Waals surface area contributed by atoms with Crippen LogP contribution in [0.25, 0.3) is 6.08 Å². The molecule has 0 aliphatic heterocycles. The maximum absolute atomic E-state index is 12.5. The van der Waals surface area contributed by atoms with E-state index in [9.17, 15) is 10.1 Å². The number of aryl methyl sites for hydroxylation is 2. The molecule has 0 atom stereocenters. The van der Waals surface area contributed by atoms with Gasteiger partial charge in [0.05, 0.1) is 0 Å². The number of nitrogens with one attached hydrogen (secondary N) is 1. The van der Waals surface area contributed by atoms with E-state index in [-0.39, 0.29) is 5.57 Å². The number of hydrogen-bond donors (Lipinski definition) is 1. The van der Waals surface area contributed by atoms with Gasteiger partial charge in [0, 0.05) is 24.5 Å². The van der Waals surface area contributed by atoms with Gasteiger partial charge in [0.15, 0.2) is 0 Å². The van der Waals surface area contributed by atoms with Crippen LogP contribution < -0.4 is 10.2 Å². The fraction of sp³-hybridized carbons (Fsp3) is 0.273. The lowest BCUT2D eigenvalue weighted by Gasteiger charge is -2.20. The Morgan fingerprint density at radius 1 is 1.08 bits per heavy atom. The minimum absolute atomic E-state index is 0.0863. The Morgan fingerprint density at radius 2 is 1.65 bits per heavy atom. The first-order valence-corrected chi connectivity index (χ1v) is 8.84. The molecule has 0 aliphatic carbocycles. The van der Waals surface area contributed by atoms with E-state index in [2.05, 4.69) is 24.1 Å². The van der Waals surface area contributed by atoms with Crippen LogP contribution in [0.15, 0.2) is 48.0 Å². The lowest BCUT2D eigenvalue weighted by molar-refractivity contribution is -0.112. The van der Waals surface area contributed by atoms with Crippen LogP contribution in [0.1, 0.15) is 30.5 Å². The van der Waals surface area contributed by atoms with Gasteiger partial charge in [-0.15, -0.1) is 0 Å². The lowest BCUT2D eigenvalue weighted by Crippen LogP contribution is -2.21. The molecule has 1 amide bonds. The predicted molar refractivity (Wildman–Crippen MR) is 108 cm³/mol. The van der Waals surface area contributed by atoms with Crippen LogP contribution >= 0.6 is 0 Å². The van der Waals surface area contributed by atoms with E-state index in [1.54, 1.807) is 6.08 Å². The van der Waals surface area contributed by atoms with Crippen molar-refractivity contribution < 1.29 is 4.79 Å². The van der Waals surface area contributed by atoms with E-state index in [1.807, 2.05) is 62.4 Å². The van der Waals surface area contributed by atoms with Crippen molar-refractivity contribution in [3.63, 3.8) is 0 Å². The molecule has 4 heteroatoms. The molecule has 2 aromatic carbocycles. The molecule has 0 radical (unpaired) electrons. The number of carbonyl (C=O) groups excluding carboxylic acids is 1. The number of amides is 1. The number of nitriles is 1. The molecule has 0 aliphatic rings. The fourth-order valence-electron chi connectivity index (χ4n) is 2.88. The van der Waals surface area contributed by atoms with Crippen molar-refractivity contribution in [3.8, 4) is 6.07 Å². The molecule has 26 heavy (non-hydrogen) atoms. The number of para-hydroxylation sites is 1.